The summed E-state index contributed by atoms with van der Waals surface area (Å²) in [6.07, 6.45) is 18.3. The van der Waals surface area contributed by atoms with Crippen molar-refractivity contribution in [2.75, 3.05) is 63.0 Å². The molecule has 0 fully saturated rings. The van der Waals surface area contributed by atoms with Crippen LogP contribution >= 0.6 is 0 Å². The number of hydrogen-bond donors (Lipinski definition) is 4. The van der Waals surface area contributed by atoms with Crippen LogP contribution in [0.2, 0.25) is 0 Å². The molecule has 2 aromatic carbocycles. The number of nitrogens with one attached hydrogen (secondary N) is 4. The molecule has 0 unspecified atom stereocenters. The van der Waals surface area contributed by atoms with E-state index in [9.17, 15) is 9.59 Å². The van der Waals surface area contributed by atoms with Gasteiger partial charge in [0.05, 0.1) is 0 Å². The first-order valence-corrected chi connectivity index (χ1v) is 19.7. The van der Waals surface area contributed by atoms with Crippen molar-refractivity contribution in [1.29, 1.82) is 0 Å². The number of benzene rings is 2. The van der Waals surface area contributed by atoms with Crippen molar-refractivity contribution in [2.45, 2.75) is 124 Å². The molecule has 8 nitrogen and oxygen atoms in total. The number of anilines is 2. The van der Waals surface area contributed by atoms with Crippen molar-refractivity contribution in [2.24, 2.45) is 0 Å². The number of carbonyl (C=O) groups is 2. The first-order chi connectivity index (χ1) is 24.0. The van der Waals surface area contributed by atoms with Gasteiger partial charge in [0.25, 0.3) is 0 Å². The molecule has 0 aliphatic rings. The van der Waals surface area contributed by atoms with E-state index < -0.39 is 0 Å². The van der Waals surface area contributed by atoms with E-state index >= 15 is 0 Å². The Morgan fingerprint density at radius 1 is 0.449 bits per heavy atom. The fraction of sp³-hybridized carbons (Fsp3) is 0.659. The van der Waals surface area contributed by atoms with Crippen LogP contribution in [-0.4, -0.2) is 74.2 Å². The third-order valence-electron chi connectivity index (χ3n) is 9.07. The van der Waals surface area contributed by atoms with Gasteiger partial charge in [0, 0.05) is 37.6 Å². The summed E-state index contributed by atoms with van der Waals surface area (Å²) in [5, 5.41) is 12.0. The molecule has 0 radical (unpaired) electrons. The molecule has 0 spiro atoms. The molecule has 0 saturated heterocycles. The summed E-state index contributed by atoms with van der Waals surface area (Å²) >= 11 is 0. The van der Waals surface area contributed by atoms with Gasteiger partial charge in [-0.2, -0.15) is 0 Å². The number of unbranched alkanes of at least 4 members (excludes halogenated alkanes) is 10. The lowest BCUT2D eigenvalue weighted by atomic mass is 10.0. The highest BCUT2D eigenvalue weighted by Crippen LogP contribution is 2.16. The molecule has 2 rings (SSSR count). The maximum absolute atomic E-state index is 12.6. The number of amides is 4. The van der Waals surface area contributed by atoms with Crippen LogP contribution in [0, 0.1) is 0 Å². The topological polar surface area (TPSA) is 88.7 Å². The summed E-state index contributed by atoms with van der Waals surface area (Å²) in [6, 6.07) is 15.7. The lowest BCUT2D eigenvalue weighted by Crippen LogP contribution is -2.37. The van der Waals surface area contributed by atoms with Gasteiger partial charge in [0.15, 0.2) is 0 Å². The predicted molar refractivity (Wildman–Crippen MR) is 210 cm³/mol. The van der Waals surface area contributed by atoms with Crippen molar-refractivity contribution in [1.82, 2.24) is 20.4 Å². The molecule has 0 aliphatic heterocycles. The smallest absolute Gasteiger partial charge is 0.319 e. The molecule has 0 heterocycles. The van der Waals surface area contributed by atoms with Gasteiger partial charge in [-0.25, -0.2) is 9.59 Å². The second-order valence-corrected chi connectivity index (χ2v) is 13.6. The summed E-state index contributed by atoms with van der Waals surface area (Å²) in [5.74, 6) is 0. The second-order valence-electron chi connectivity index (χ2n) is 13.6. The van der Waals surface area contributed by atoms with Gasteiger partial charge in [-0.3, -0.25) is 0 Å². The van der Waals surface area contributed by atoms with Crippen LogP contribution < -0.4 is 21.3 Å². The summed E-state index contributed by atoms with van der Waals surface area (Å²) in [6.45, 7) is 16.5. The monoisotopic (exact) mass is 679 g/mol. The largest absolute Gasteiger partial charge is 0.337 e. The van der Waals surface area contributed by atoms with Crippen LogP contribution in [0.3, 0.4) is 0 Å². The molecule has 49 heavy (non-hydrogen) atoms. The molecule has 276 valence electrons. The number of urea groups is 2. The van der Waals surface area contributed by atoms with Gasteiger partial charge >= 0.3 is 12.1 Å². The molecular formula is C41H70N6O2. The van der Waals surface area contributed by atoms with Gasteiger partial charge in [-0.15, -0.1) is 0 Å². The Labute approximate surface area is 299 Å². The molecule has 0 aromatic heterocycles. The van der Waals surface area contributed by atoms with Crippen LogP contribution in [0.25, 0.3) is 0 Å². The van der Waals surface area contributed by atoms with Gasteiger partial charge in [-0.05, 0) is 93.7 Å². The van der Waals surface area contributed by atoms with Crippen molar-refractivity contribution in [3.05, 3.63) is 59.7 Å². The lowest BCUT2D eigenvalue weighted by Gasteiger charge is -2.22. The molecule has 0 saturated carbocycles. The zero-order valence-corrected chi connectivity index (χ0v) is 31.6. The minimum absolute atomic E-state index is 0.161. The molecule has 0 bridgehead atoms. The van der Waals surface area contributed by atoms with E-state index in [1.807, 2.05) is 24.3 Å². The zero-order chi connectivity index (χ0) is 35.4. The first-order valence-electron chi connectivity index (χ1n) is 19.7. The number of hydrogen-bond acceptors (Lipinski definition) is 4. The van der Waals surface area contributed by atoms with E-state index in [-0.39, 0.29) is 12.1 Å². The minimum Gasteiger partial charge on any atom is -0.337 e. The Morgan fingerprint density at radius 3 is 1.12 bits per heavy atom. The highest BCUT2D eigenvalue weighted by molar-refractivity contribution is 5.89. The standard InChI is InChI=1S/C41H70N6O2/c1-5-9-13-17-31-46(29-15-11-7-3)33-27-42-40(48)44-38-23-19-36(20-24-38)35-37-21-25-39(26-22-37)45-41(49)43-28-34-47(30-16-12-8-4)32-18-14-10-6-2/h19-26H,5-18,27-35H2,1-4H3,(H2,42,44,48)(H2,43,45,49). The van der Waals surface area contributed by atoms with E-state index in [0.717, 1.165) is 68.2 Å². The van der Waals surface area contributed by atoms with E-state index in [1.54, 1.807) is 0 Å². The van der Waals surface area contributed by atoms with Crippen molar-refractivity contribution in [3.63, 3.8) is 0 Å². The molecule has 8 heteroatoms. The maximum Gasteiger partial charge on any atom is 0.319 e. The first kappa shape index (κ1) is 42.1. The average molecular weight is 679 g/mol. The Balaban J connectivity index is 1.72. The minimum atomic E-state index is -0.161. The fourth-order valence-corrected chi connectivity index (χ4v) is 6.02. The SMILES string of the molecule is CCCCCCN(CCCCC)CCNC(=O)Nc1ccc(Cc2ccc(NC(=O)NCCN(CCCCC)CCCCCC)cc2)cc1. The van der Waals surface area contributed by atoms with Crippen LogP contribution in [0.4, 0.5) is 21.0 Å². The van der Waals surface area contributed by atoms with Gasteiger partial charge in [-0.1, -0.05) is 116 Å². The highest BCUT2D eigenvalue weighted by atomic mass is 16.2. The van der Waals surface area contributed by atoms with Crippen LogP contribution in [0.1, 0.15) is 129 Å². The molecule has 0 atom stereocenters. The van der Waals surface area contributed by atoms with Crippen molar-refractivity contribution < 1.29 is 9.59 Å². The summed E-state index contributed by atoms with van der Waals surface area (Å²) in [5.41, 5.74) is 3.89. The Kier molecular flexibility index (Phi) is 23.8. The molecule has 0 aliphatic carbocycles. The second kappa shape index (κ2) is 27.7. The van der Waals surface area contributed by atoms with E-state index in [1.165, 1.54) is 89.9 Å². The number of nitrogens with zero attached hydrogens (tertiary/aromatic N) is 2. The average Bonchev–Trinajstić information content (AvgIpc) is 3.10. The van der Waals surface area contributed by atoms with E-state index in [4.69, 9.17) is 0 Å². The third kappa shape index (κ3) is 20.9. The summed E-state index contributed by atoms with van der Waals surface area (Å²) in [4.78, 5) is 30.1. The van der Waals surface area contributed by atoms with Crippen molar-refractivity contribution >= 4 is 23.4 Å². The molecule has 2 aromatic rings. The highest BCUT2D eigenvalue weighted by Gasteiger charge is 2.09. The molecule has 4 N–H and O–H groups in total. The third-order valence-corrected chi connectivity index (χ3v) is 9.07. The van der Waals surface area contributed by atoms with E-state index in [2.05, 4.69) is 83.0 Å². The van der Waals surface area contributed by atoms with Crippen LogP contribution in [0.15, 0.2) is 48.5 Å². The van der Waals surface area contributed by atoms with Gasteiger partial charge < -0.3 is 31.1 Å². The van der Waals surface area contributed by atoms with Crippen molar-refractivity contribution in [3.8, 4) is 0 Å². The summed E-state index contributed by atoms with van der Waals surface area (Å²) < 4.78 is 0. The van der Waals surface area contributed by atoms with Gasteiger partial charge in [0.2, 0.25) is 0 Å². The number of carbonyl (C=O) groups excluding carboxylic acids is 2. The molecule has 4 amide bonds. The molecular weight excluding hydrogens is 608 g/mol. The zero-order valence-electron chi connectivity index (χ0n) is 31.6. The normalized spacial score (nSPS) is 11.2. The Bertz CT molecular complexity index is 1020. The van der Waals surface area contributed by atoms with Gasteiger partial charge in [0.1, 0.15) is 0 Å². The quantitative estimate of drug-likeness (QED) is 0.0675. The van der Waals surface area contributed by atoms with Crippen LogP contribution in [-0.2, 0) is 6.42 Å². The van der Waals surface area contributed by atoms with E-state index in [0.29, 0.717) is 13.1 Å². The maximum atomic E-state index is 12.6. The Morgan fingerprint density at radius 2 is 0.776 bits per heavy atom. The van der Waals surface area contributed by atoms with Crippen LogP contribution in [0.5, 0.6) is 0 Å². The number of rotatable bonds is 28. The lowest BCUT2D eigenvalue weighted by molar-refractivity contribution is 0.241. The Hall–Kier alpha value is -3.10. The fourth-order valence-electron chi connectivity index (χ4n) is 6.02. The predicted octanol–water partition coefficient (Wildman–Crippen LogP) is 9.67. The summed E-state index contributed by atoms with van der Waals surface area (Å²) in [7, 11) is 0.